The molecule has 0 heterocycles. The van der Waals surface area contributed by atoms with Crippen molar-refractivity contribution in [2.24, 2.45) is 0 Å². The molecule has 0 spiro atoms. The average molecular weight is 232 g/mol. The molecule has 0 rings (SSSR count). The zero-order valence-corrected chi connectivity index (χ0v) is 9.03. The zero-order chi connectivity index (χ0) is 11.8. The number of carboxylic acid groups (broad SMARTS) is 2. The quantitative estimate of drug-likeness (QED) is 0.278. The van der Waals surface area contributed by atoms with Crippen LogP contribution in [0.3, 0.4) is 0 Å². The summed E-state index contributed by atoms with van der Waals surface area (Å²) in [6.07, 6.45) is 2.05. The predicted molar refractivity (Wildman–Crippen MR) is 56.7 cm³/mol. The van der Waals surface area contributed by atoms with Gasteiger partial charge < -0.3 is 14.9 Å². The van der Waals surface area contributed by atoms with Gasteiger partial charge in [-0.2, -0.15) is 0 Å². The maximum Gasteiger partial charge on any atom is 0.331 e. The summed E-state index contributed by atoms with van der Waals surface area (Å²) < 4.78 is 4.92. The van der Waals surface area contributed by atoms with Crippen LogP contribution in [-0.4, -0.2) is 28.8 Å². The van der Waals surface area contributed by atoms with Gasteiger partial charge in [-0.15, -0.1) is 12.6 Å². The number of carbonyl (C=O) groups is 2. The summed E-state index contributed by atoms with van der Waals surface area (Å²) in [5.41, 5.74) is -0.201. The van der Waals surface area contributed by atoms with Gasteiger partial charge in [-0.3, -0.25) is 0 Å². The standard InChI is InChI=1S/C9H12O5S/c1-6(15)5-14-3-2-7(9(12)13)4-8(10)11/h4-5,15H,2-3H2,1H3,(H,10,11)(H,12,13)/b6-5?,7-4-. The topological polar surface area (TPSA) is 83.8 Å². The van der Waals surface area contributed by atoms with Gasteiger partial charge in [0.15, 0.2) is 0 Å². The number of ether oxygens (including phenoxy) is 1. The fraction of sp³-hybridized carbons (Fsp3) is 0.333. The minimum atomic E-state index is -1.28. The Kier molecular flexibility index (Phi) is 6.28. The molecule has 0 unspecified atom stereocenters. The molecule has 0 atom stereocenters. The molecule has 0 saturated heterocycles. The van der Waals surface area contributed by atoms with Crippen molar-refractivity contribution in [1.29, 1.82) is 0 Å². The van der Waals surface area contributed by atoms with Gasteiger partial charge in [0.25, 0.3) is 0 Å². The minimum absolute atomic E-state index is 0.0270. The SMILES string of the molecule is CC(S)=COCC/C(=C/C(=O)O)C(=O)O. The van der Waals surface area contributed by atoms with Gasteiger partial charge in [0.05, 0.1) is 12.9 Å². The second-order valence-corrected chi connectivity index (χ2v) is 3.40. The lowest BCUT2D eigenvalue weighted by molar-refractivity contribution is -0.135. The van der Waals surface area contributed by atoms with E-state index in [2.05, 4.69) is 12.6 Å². The highest BCUT2D eigenvalue weighted by molar-refractivity contribution is 7.84. The first kappa shape index (κ1) is 13.6. The summed E-state index contributed by atoms with van der Waals surface area (Å²) in [4.78, 5) is 21.4. The molecule has 2 N–H and O–H groups in total. The van der Waals surface area contributed by atoms with Crippen molar-refractivity contribution in [2.75, 3.05) is 6.61 Å². The highest BCUT2D eigenvalue weighted by Gasteiger charge is 2.08. The molecule has 84 valence electrons. The monoisotopic (exact) mass is 232 g/mol. The van der Waals surface area contributed by atoms with E-state index in [1.807, 2.05) is 0 Å². The molecular formula is C9H12O5S. The molecule has 0 aromatic carbocycles. The van der Waals surface area contributed by atoms with Crippen molar-refractivity contribution in [3.8, 4) is 0 Å². The Morgan fingerprint density at radius 1 is 1.40 bits per heavy atom. The Bertz CT molecular complexity index is 302. The van der Waals surface area contributed by atoms with Crippen LogP contribution < -0.4 is 0 Å². The largest absolute Gasteiger partial charge is 0.500 e. The zero-order valence-electron chi connectivity index (χ0n) is 8.14. The van der Waals surface area contributed by atoms with E-state index >= 15 is 0 Å². The Labute approximate surface area is 92.5 Å². The van der Waals surface area contributed by atoms with Gasteiger partial charge in [0, 0.05) is 23.0 Å². The first-order chi connectivity index (χ1) is 6.93. The van der Waals surface area contributed by atoms with Crippen LogP contribution in [0.1, 0.15) is 13.3 Å². The smallest absolute Gasteiger partial charge is 0.331 e. The fourth-order valence-electron chi connectivity index (χ4n) is 0.738. The number of hydrogen-bond acceptors (Lipinski definition) is 4. The summed E-state index contributed by atoms with van der Waals surface area (Å²) >= 11 is 3.93. The lowest BCUT2D eigenvalue weighted by Gasteiger charge is -2.01. The Morgan fingerprint density at radius 3 is 2.40 bits per heavy atom. The third-order valence-electron chi connectivity index (χ3n) is 1.32. The van der Waals surface area contributed by atoms with Crippen molar-refractivity contribution in [3.05, 3.63) is 22.8 Å². The number of hydrogen-bond donors (Lipinski definition) is 3. The van der Waals surface area contributed by atoms with Crippen LogP contribution in [0, 0.1) is 0 Å². The Hall–Kier alpha value is -1.43. The van der Waals surface area contributed by atoms with E-state index in [4.69, 9.17) is 14.9 Å². The number of allylic oxidation sites excluding steroid dienone is 1. The predicted octanol–water partition coefficient (Wildman–Crippen LogP) is 1.28. The van der Waals surface area contributed by atoms with E-state index in [0.29, 0.717) is 11.0 Å². The van der Waals surface area contributed by atoms with Crippen molar-refractivity contribution in [1.82, 2.24) is 0 Å². The Balaban J connectivity index is 4.16. The molecule has 0 aliphatic carbocycles. The first-order valence-electron chi connectivity index (χ1n) is 4.07. The molecule has 5 nitrogen and oxygen atoms in total. The van der Waals surface area contributed by atoms with Crippen molar-refractivity contribution in [3.63, 3.8) is 0 Å². The minimum Gasteiger partial charge on any atom is -0.500 e. The number of carboxylic acids is 2. The van der Waals surface area contributed by atoms with Gasteiger partial charge in [0.1, 0.15) is 0 Å². The highest BCUT2D eigenvalue weighted by Crippen LogP contribution is 2.04. The molecule has 0 aliphatic rings. The average Bonchev–Trinajstić information content (AvgIpc) is 2.08. The molecule has 0 bridgehead atoms. The van der Waals surface area contributed by atoms with Crippen molar-refractivity contribution in [2.45, 2.75) is 13.3 Å². The van der Waals surface area contributed by atoms with Crippen LogP contribution in [0.2, 0.25) is 0 Å². The molecule has 0 saturated carbocycles. The van der Waals surface area contributed by atoms with E-state index in [9.17, 15) is 9.59 Å². The van der Waals surface area contributed by atoms with Crippen LogP contribution >= 0.6 is 12.6 Å². The van der Waals surface area contributed by atoms with E-state index in [-0.39, 0.29) is 18.6 Å². The number of aliphatic carboxylic acids is 2. The van der Waals surface area contributed by atoms with E-state index in [1.54, 1.807) is 6.92 Å². The van der Waals surface area contributed by atoms with Gasteiger partial charge in [-0.25, -0.2) is 9.59 Å². The number of rotatable bonds is 6. The van der Waals surface area contributed by atoms with Crippen molar-refractivity contribution >= 4 is 24.6 Å². The number of thiol groups is 1. The second kappa shape index (κ2) is 6.94. The van der Waals surface area contributed by atoms with E-state index in [0.717, 1.165) is 0 Å². The van der Waals surface area contributed by atoms with Crippen LogP contribution in [0.25, 0.3) is 0 Å². The van der Waals surface area contributed by atoms with Gasteiger partial charge in [0.2, 0.25) is 0 Å². The third kappa shape index (κ3) is 7.63. The van der Waals surface area contributed by atoms with Gasteiger partial charge >= 0.3 is 11.9 Å². The second-order valence-electron chi connectivity index (χ2n) is 2.69. The Morgan fingerprint density at radius 2 is 2.00 bits per heavy atom. The molecule has 0 radical (unpaired) electrons. The molecule has 0 aromatic heterocycles. The van der Waals surface area contributed by atoms with Crippen LogP contribution in [0.15, 0.2) is 22.8 Å². The molecule has 0 amide bonds. The molecule has 6 heteroatoms. The molecule has 0 fully saturated rings. The van der Waals surface area contributed by atoms with Crippen LogP contribution in [0.4, 0.5) is 0 Å². The fourth-order valence-corrected chi connectivity index (χ4v) is 0.813. The van der Waals surface area contributed by atoms with Gasteiger partial charge in [-0.1, -0.05) is 0 Å². The third-order valence-corrected chi connectivity index (χ3v) is 1.42. The highest BCUT2D eigenvalue weighted by atomic mass is 32.1. The van der Waals surface area contributed by atoms with E-state index in [1.165, 1.54) is 6.26 Å². The summed E-state index contributed by atoms with van der Waals surface area (Å²) in [7, 11) is 0. The van der Waals surface area contributed by atoms with Gasteiger partial charge in [-0.05, 0) is 6.92 Å². The normalized spacial score (nSPS) is 12.4. The van der Waals surface area contributed by atoms with Crippen molar-refractivity contribution < 1.29 is 24.5 Å². The molecule has 15 heavy (non-hydrogen) atoms. The summed E-state index contributed by atoms with van der Waals surface area (Å²) in [5, 5.41) is 17.0. The summed E-state index contributed by atoms with van der Waals surface area (Å²) in [6, 6.07) is 0. The van der Waals surface area contributed by atoms with Crippen LogP contribution in [0.5, 0.6) is 0 Å². The molecular weight excluding hydrogens is 220 g/mol. The first-order valence-corrected chi connectivity index (χ1v) is 4.52. The maximum atomic E-state index is 10.5. The van der Waals surface area contributed by atoms with E-state index < -0.39 is 11.9 Å². The lowest BCUT2D eigenvalue weighted by Crippen LogP contribution is -2.06. The molecule has 0 aliphatic heterocycles. The summed E-state index contributed by atoms with van der Waals surface area (Å²) in [5.74, 6) is -2.54. The van der Waals surface area contributed by atoms with Crippen LogP contribution in [-0.2, 0) is 14.3 Å². The summed E-state index contributed by atoms with van der Waals surface area (Å²) in [6.45, 7) is 1.80. The lowest BCUT2D eigenvalue weighted by atomic mass is 10.2. The molecule has 0 aromatic rings. The maximum absolute atomic E-state index is 10.5.